The van der Waals surface area contributed by atoms with Gasteiger partial charge in [-0.05, 0) is 30.0 Å². The lowest BCUT2D eigenvalue weighted by Crippen LogP contribution is -2.14. The molecule has 0 saturated heterocycles. The van der Waals surface area contributed by atoms with Gasteiger partial charge in [-0.1, -0.05) is 30.0 Å². The summed E-state index contributed by atoms with van der Waals surface area (Å²) in [5.74, 6) is 0.424. The molecule has 10 heteroatoms. The van der Waals surface area contributed by atoms with E-state index in [1.165, 1.54) is 34.8 Å². The molecule has 3 aromatic rings. The molecule has 0 atom stereocenters. The van der Waals surface area contributed by atoms with Gasteiger partial charge in [0.2, 0.25) is 11.0 Å². The van der Waals surface area contributed by atoms with Crippen molar-refractivity contribution in [2.45, 2.75) is 17.7 Å². The molecule has 0 radical (unpaired) electrons. The molecule has 0 saturated carbocycles. The number of rotatable bonds is 7. The number of anilines is 3. The average Bonchev–Trinajstić information content (AvgIpc) is 3.20. The molecule has 0 aliphatic rings. The van der Waals surface area contributed by atoms with Crippen molar-refractivity contribution in [1.82, 2.24) is 15.2 Å². The summed E-state index contributed by atoms with van der Waals surface area (Å²) >= 11 is 4.32. The molecule has 0 aliphatic heterocycles. The quantitative estimate of drug-likeness (QED) is 0.462. The van der Waals surface area contributed by atoms with Gasteiger partial charge < -0.3 is 10.6 Å². The highest BCUT2D eigenvalue weighted by molar-refractivity contribution is 8.01. The summed E-state index contributed by atoms with van der Waals surface area (Å²) in [6, 6.07) is 6.00. The van der Waals surface area contributed by atoms with Gasteiger partial charge in [-0.2, -0.15) is 0 Å². The summed E-state index contributed by atoms with van der Waals surface area (Å²) in [5, 5.41) is 16.7. The minimum Gasteiger partial charge on any atom is -0.332 e. The van der Waals surface area contributed by atoms with Crippen LogP contribution >= 0.6 is 34.4 Å². The summed E-state index contributed by atoms with van der Waals surface area (Å²) < 4.78 is 13.7. The van der Waals surface area contributed by atoms with E-state index in [4.69, 9.17) is 0 Å². The number of amides is 1. The van der Waals surface area contributed by atoms with Crippen molar-refractivity contribution in [1.29, 1.82) is 0 Å². The zero-order chi connectivity index (χ0) is 17.6. The topological polar surface area (TPSA) is 79.8 Å². The number of thioether (sulfide) groups is 1. The minimum absolute atomic E-state index is 0.150. The third-order valence-electron chi connectivity index (χ3n) is 2.91. The second kappa shape index (κ2) is 8.37. The normalized spacial score (nSPS) is 10.6. The van der Waals surface area contributed by atoms with Crippen LogP contribution in [0.15, 0.2) is 34.0 Å². The summed E-state index contributed by atoms with van der Waals surface area (Å²) in [6.07, 6.45) is 0.150. The third-order valence-corrected chi connectivity index (χ3v) is 5.57. The monoisotopic (exact) mass is 395 g/mol. The van der Waals surface area contributed by atoms with Crippen LogP contribution < -0.4 is 10.6 Å². The summed E-state index contributed by atoms with van der Waals surface area (Å²) in [5.41, 5.74) is 1.39. The number of hydrogen-bond acceptors (Lipinski definition) is 8. The Morgan fingerprint density at radius 3 is 2.80 bits per heavy atom. The molecule has 2 heterocycles. The number of carbonyl (C=O) groups excluding carboxylic acids is 1. The van der Waals surface area contributed by atoms with E-state index >= 15 is 0 Å². The van der Waals surface area contributed by atoms with Crippen molar-refractivity contribution in [3.63, 3.8) is 0 Å². The maximum Gasteiger partial charge on any atom is 0.232 e. The first-order valence-corrected chi connectivity index (χ1v) is 10.0. The molecule has 0 unspecified atom stereocenters. The maximum absolute atomic E-state index is 12.9. The van der Waals surface area contributed by atoms with Crippen LogP contribution in [0.5, 0.6) is 0 Å². The Bertz CT molecular complexity index is 849. The molecule has 25 heavy (non-hydrogen) atoms. The molecule has 130 valence electrons. The maximum atomic E-state index is 12.9. The van der Waals surface area contributed by atoms with E-state index in [9.17, 15) is 9.18 Å². The predicted octanol–water partition coefficient (Wildman–Crippen LogP) is 4.17. The van der Waals surface area contributed by atoms with Gasteiger partial charge in [0, 0.05) is 11.1 Å². The van der Waals surface area contributed by atoms with Crippen LogP contribution in [0.2, 0.25) is 0 Å². The largest absolute Gasteiger partial charge is 0.332 e. The van der Waals surface area contributed by atoms with Gasteiger partial charge in [0.05, 0.1) is 12.1 Å². The molecule has 6 nitrogen and oxygen atoms in total. The lowest BCUT2D eigenvalue weighted by atomic mass is 10.3. The van der Waals surface area contributed by atoms with Crippen molar-refractivity contribution in [2.24, 2.45) is 0 Å². The second-order valence-corrected chi connectivity index (χ2v) is 8.15. The fourth-order valence-corrected chi connectivity index (χ4v) is 4.27. The Morgan fingerprint density at radius 1 is 1.24 bits per heavy atom. The lowest BCUT2D eigenvalue weighted by molar-refractivity contribution is -0.115. The summed E-state index contributed by atoms with van der Waals surface area (Å²) in [7, 11) is 0. The number of thiazole rings is 1. The van der Waals surface area contributed by atoms with E-state index in [1.807, 2.05) is 12.3 Å². The van der Waals surface area contributed by atoms with Gasteiger partial charge in [0.1, 0.15) is 5.82 Å². The molecule has 1 amide bonds. The van der Waals surface area contributed by atoms with Gasteiger partial charge in [-0.25, -0.2) is 9.37 Å². The standard InChI is InChI=1S/C15H14FN5OS3/c1-2-23-15-21-20-14(25-15)19-12(22)7-11-8-24-13(18-11)17-10-5-3-9(16)4-6-10/h3-6,8H,2,7H2,1H3,(H,17,18)(H,19,20,22). The number of carbonyl (C=O) groups is 1. The smallest absolute Gasteiger partial charge is 0.232 e. The highest BCUT2D eigenvalue weighted by Crippen LogP contribution is 2.25. The number of hydrogen-bond donors (Lipinski definition) is 2. The minimum atomic E-state index is -0.292. The number of aromatic nitrogens is 3. The van der Waals surface area contributed by atoms with Crippen LogP contribution in [-0.2, 0) is 11.2 Å². The Balaban J connectivity index is 1.54. The van der Waals surface area contributed by atoms with Crippen molar-refractivity contribution < 1.29 is 9.18 Å². The highest BCUT2D eigenvalue weighted by atomic mass is 32.2. The number of nitrogens with zero attached hydrogens (tertiary/aromatic N) is 3. The van der Waals surface area contributed by atoms with E-state index in [-0.39, 0.29) is 18.1 Å². The fourth-order valence-electron chi connectivity index (χ4n) is 1.87. The Labute approximate surface area is 155 Å². The first-order valence-electron chi connectivity index (χ1n) is 7.35. The molecule has 0 spiro atoms. The molecule has 0 bridgehead atoms. The van der Waals surface area contributed by atoms with Crippen molar-refractivity contribution in [3.05, 3.63) is 41.2 Å². The van der Waals surface area contributed by atoms with Crippen molar-refractivity contribution in [2.75, 3.05) is 16.4 Å². The van der Waals surface area contributed by atoms with Crippen molar-refractivity contribution >= 4 is 56.3 Å². The van der Waals surface area contributed by atoms with Gasteiger partial charge in [0.25, 0.3) is 0 Å². The lowest BCUT2D eigenvalue weighted by Gasteiger charge is -2.01. The highest BCUT2D eigenvalue weighted by Gasteiger charge is 2.11. The fraction of sp³-hybridized carbons (Fsp3) is 0.200. The van der Waals surface area contributed by atoms with Crippen LogP contribution in [0.4, 0.5) is 20.3 Å². The van der Waals surface area contributed by atoms with Gasteiger partial charge in [-0.3, -0.25) is 4.79 Å². The Morgan fingerprint density at radius 2 is 2.04 bits per heavy atom. The van der Waals surface area contributed by atoms with Crippen LogP contribution in [0, 0.1) is 5.82 Å². The molecule has 0 fully saturated rings. The summed E-state index contributed by atoms with van der Waals surface area (Å²) in [6.45, 7) is 2.03. The van der Waals surface area contributed by atoms with Crippen LogP contribution in [0.3, 0.4) is 0 Å². The van der Waals surface area contributed by atoms with E-state index in [2.05, 4.69) is 25.8 Å². The second-order valence-electron chi connectivity index (χ2n) is 4.81. The molecule has 2 aromatic heterocycles. The Kier molecular flexibility index (Phi) is 5.95. The average molecular weight is 396 g/mol. The number of benzene rings is 1. The van der Waals surface area contributed by atoms with Gasteiger partial charge >= 0.3 is 0 Å². The van der Waals surface area contributed by atoms with Crippen molar-refractivity contribution in [3.8, 4) is 0 Å². The molecular formula is C15H14FN5OS3. The zero-order valence-corrected chi connectivity index (χ0v) is 15.6. The summed E-state index contributed by atoms with van der Waals surface area (Å²) in [4.78, 5) is 16.4. The van der Waals surface area contributed by atoms with Gasteiger partial charge in [-0.15, -0.1) is 21.5 Å². The van der Waals surface area contributed by atoms with E-state index in [0.29, 0.717) is 16.0 Å². The van der Waals surface area contributed by atoms with Crippen LogP contribution in [0.25, 0.3) is 0 Å². The van der Waals surface area contributed by atoms with Gasteiger partial charge in [0.15, 0.2) is 9.47 Å². The number of halogens is 1. The third kappa shape index (κ3) is 5.21. The Hall–Kier alpha value is -2.04. The first-order chi connectivity index (χ1) is 12.1. The molecule has 1 aromatic carbocycles. The van der Waals surface area contributed by atoms with E-state index in [1.54, 1.807) is 23.9 Å². The molecular weight excluding hydrogens is 381 g/mol. The SMILES string of the molecule is CCSc1nnc(NC(=O)Cc2csc(Nc3ccc(F)cc3)n2)s1. The van der Waals surface area contributed by atoms with E-state index in [0.717, 1.165) is 15.8 Å². The predicted molar refractivity (Wildman–Crippen MR) is 100 cm³/mol. The number of nitrogens with one attached hydrogen (secondary N) is 2. The van der Waals surface area contributed by atoms with Crippen LogP contribution in [0.1, 0.15) is 12.6 Å². The zero-order valence-electron chi connectivity index (χ0n) is 13.2. The van der Waals surface area contributed by atoms with Crippen LogP contribution in [-0.4, -0.2) is 26.8 Å². The first kappa shape index (κ1) is 17.8. The molecule has 2 N–H and O–H groups in total. The molecule has 3 rings (SSSR count). The molecule has 0 aliphatic carbocycles. The van der Waals surface area contributed by atoms with E-state index < -0.39 is 0 Å².